The van der Waals surface area contributed by atoms with Crippen molar-refractivity contribution in [2.75, 3.05) is 40.9 Å². The van der Waals surface area contributed by atoms with Gasteiger partial charge in [-0.15, -0.1) is 0 Å². The molecule has 0 heterocycles. The molecule has 0 unspecified atom stereocenters. The van der Waals surface area contributed by atoms with Gasteiger partial charge in [0.1, 0.15) is 12.6 Å². The maximum absolute atomic E-state index is 10.8. The largest absolute Gasteiger partial charge is 0.550 e. The average molecular weight is 335 g/mol. The number of hydrogen-bond acceptors (Lipinski definition) is 6. The molecule has 138 valence electrons. The van der Waals surface area contributed by atoms with Crippen molar-refractivity contribution in [1.29, 1.82) is 0 Å². The number of hydrogen-bond donors (Lipinski definition) is 2. The first kappa shape index (κ1) is 24.1. The van der Waals surface area contributed by atoms with E-state index in [0.29, 0.717) is 30.5 Å². The van der Waals surface area contributed by atoms with Crippen molar-refractivity contribution >= 4 is 11.9 Å². The van der Waals surface area contributed by atoms with Crippen molar-refractivity contribution in [1.82, 2.24) is 0 Å². The Bertz CT molecular complexity index is 314. The fourth-order valence-electron chi connectivity index (χ4n) is 1.72. The summed E-state index contributed by atoms with van der Waals surface area (Å²) in [6.07, 6.45) is 2.94. The van der Waals surface area contributed by atoms with Crippen molar-refractivity contribution in [2.45, 2.75) is 51.6 Å². The molecule has 0 rings (SSSR count). The number of likely N-dealkylation sites (N-methyl/N-ethyl adjacent to an activating group) is 1. The first-order chi connectivity index (χ1) is 10.6. The Morgan fingerprint density at radius 2 is 1.78 bits per heavy atom. The molecular weight excluding hydrogens is 302 g/mol. The number of ether oxygens (including phenoxy) is 1. The zero-order chi connectivity index (χ0) is 18.3. The second-order valence-corrected chi connectivity index (χ2v) is 6.46. The van der Waals surface area contributed by atoms with Gasteiger partial charge in [0.2, 0.25) is 0 Å². The van der Waals surface area contributed by atoms with E-state index in [1.807, 2.05) is 21.1 Å². The van der Waals surface area contributed by atoms with Crippen LogP contribution in [0.4, 0.5) is 0 Å². The molecule has 0 spiro atoms. The Hall–Kier alpha value is -1.18. The molecule has 0 saturated carbocycles. The summed E-state index contributed by atoms with van der Waals surface area (Å²) in [5, 5.41) is 27.6. The molecule has 7 heteroatoms. The Kier molecular flexibility index (Phi) is 15.1. The zero-order valence-electron chi connectivity index (χ0n) is 14.9. The molecule has 0 radical (unpaired) electrons. The monoisotopic (exact) mass is 335 g/mol. The third kappa shape index (κ3) is 23.2. The smallest absolute Gasteiger partial charge is 0.305 e. The maximum atomic E-state index is 10.8. The first-order valence-electron chi connectivity index (χ1n) is 8.07. The van der Waals surface area contributed by atoms with E-state index in [0.717, 1.165) is 19.3 Å². The van der Waals surface area contributed by atoms with Gasteiger partial charge in [0.05, 0.1) is 27.7 Å². The lowest BCUT2D eigenvalue weighted by atomic mass is 10.2. The lowest BCUT2D eigenvalue weighted by Crippen LogP contribution is -2.43. The second-order valence-electron chi connectivity index (χ2n) is 6.46. The SMILES string of the molecule is CCCCCOC(=O)CCCO.C[N+](C)(C)C[C@H](O)CC(=O)[O-]. The van der Waals surface area contributed by atoms with Gasteiger partial charge in [0, 0.05) is 25.4 Å². The normalized spacial score (nSPS) is 12.1. The van der Waals surface area contributed by atoms with E-state index in [9.17, 15) is 14.7 Å². The van der Waals surface area contributed by atoms with Gasteiger partial charge in [-0.05, 0) is 12.8 Å². The third-order valence-electron chi connectivity index (χ3n) is 2.71. The summed E-state index contributed by atoms with van der Waals surface area (Å²) in [7, 11) is 5.66. The molecule has 0 bridgehead atoms. The molecule has 0 aliphatic carbocycles. The van der Waals surface area contributed by atoms with E-state index in [4.69, 9.17) is 14.9 Å². The van der Waals surface area contributed by atoms with Crippen LogP contribution in [-0.4, -0.2) is 73.6 Å². The van der Waals surface area contributed by atoms with E-state index in [2.05, 4.69) is 6.92 Å². The number of carboxylic acid groups (broad SMARTS) is 1. The van der Waals surface area contributed by atoms with Crippen LogP contribution in [0.15, 0.2) is 0 Å². The Morgan fingerprint density at radius 3 is 2.22 bits per heavy atom. The van der Waals surface area contributed by atoms with E-state index in [-0.39, 0.29) is 19.0 Å². The molecule has 0 aliphatic heterocycles. The zero-order valence-corrected chi connectivity index (χ0v) is 14.9. The molecule has 0 aromatic rings. The summed E-state index contributed by atoms with van der Waals surface area (Å²) in [6, 6.07) is 0. The molecule has 23 heavy (non-hydrogen) atoms. The van der Waals surface area contributed by atoms with Gasteiger partial charge in [-0.1, -0.05) is 19.8 Å². The topological polar surface area (TPSA) is 107 Å². The number of unbranched alkanes of at least 4 members (excludes halogenated alkanes) is 2. The molecular formula is C16H33NO6. The van der Waals surface area contributed by atoms with Crippen molar-refractivity contribution in [3.63, 3.8) is 0 Å². The second kappa shape index (κ2) is 14.4. The highest BCUT2D eigenvalue weighted by Gasteiger charge is 2.14. The Labute approximate surface area is 139 Å². The van der Waals surface area contributed by atoms with Gasteiger partial charge in [0.25, 0.3) is 0 Å². The summed E-state index contributed by atoms with van der Waals surface area (Å²) in [4.78, 5) is 20.8. The minimum Gasteiger partial charge on any atom is -0.550 e. The van der Waals surface area contributed by atoms with Crippen LogP contribution in [0, 0.1) is 0 Å². The van der Waals surface area contributed by atoms with Crippen LogP contribution in [0.2, 0.25) is 0 Å². The molecule has 2 N–H and O–H groups in total. The van der Waals surface area contributed by atoms with E-state index < -0.39 is 12.1 Å². The Morgan fingerprint density at radius 1 is 1.17 bits per heavy atom. The molecule has 0 aromatic carbocycles. The number of carboxylic acids is 1. The van der Waals surface area contributed by atoms with Crippen LogP contribution >= 0.6 is 0 Å². The number of esters is 1. The summed E-state index contributed by atoms with van der Waals surface area (Å²) in [5.41, 5.74) is 0. The van der Waals surface area contributed by atoms with E-state index in [1.165, 1.54) is 0 Å². The molecule has 7 nitrogen and oxygen atoms in total. The molecule has 0 amide bonds. The molecule has 0 aromatic heterocycles. The Balaban J connectivity index is 0. The van der Waals surface area contributed by atoms with Crippen LogP contribution < -0.4 is 5.11 Å². The quantitative estimate of drug-likeness (QED) is 0.305. The van der Waals surface area contributed by atoms with Crippen LogP contribution in [0.25, 0.3) is 0 Å². The predicted molar refractivity (Wildman–Crippen MR) is 85.3 cm³/mol. The third-order valence-corrected chi connectivity index (χ3v) is 2.71. The summed E-state index contributed by atoms with van der Waals surface area (Å²) >= 11 is 0. The number of aliphatic carboxylic acids is 1. The van der Waals surface area contributed by atoms with E-state index >= 15 is 0 Å². The number of carbonyl (C=O) groups is 2. The van der Waals surface area contributed by atoms with Crippen LogP contribution in [0.3, 0.4) is 0 Å². The minimum atomic E-state index is -1.20. The van der Waals surface area contributed by atoms with Crippen LogP contribution in [-0.2, 0) is 14.3 Å². The number of nitrogens with zero attached hydrogens (tertiary/aromatic N) is 1. The first-order valence-corrected chi connectivity index (χ1v) is 8.07. The van der Waals surface area contributed by atoms with Crippen LogP contribution in [0.1, 0.15) is 45.4 Å². The molecule has 1 atom stereocenters. The lowest BCUT2D eigenvalue weighted by Gasteiger charge is -2.26. The summed E-state index contributed by atoms with van der Waals surface area (Å²) in [6.45, 7) is 3.11. The summed E-state index contributed by atoms with van der Waals surface area (Å²) in [5.74, 6) is -1.40. The van der Waals surface area contributed by atoms with Crippen molar-refractivity contribution in [3.8, 4) is 0 Å². The van der Waals surface area contributed by atoms with Gasteiger partial charge in [-0.25, -0.2) is 0 Å². The highest BCUT2D eigenvalue weighted by atomic mass is 16.5. The predicted octanol–water partition coefficient (Wildman–Crippen LogP) is -0.314. The van der Waals surface area contributed by atoms with Gasteiger partial charge in [0.15, 0.2) is 0 Å². The molecule has 0 aliphatic rings. The molecule has 0 fully saturated rings. The molecule has 0 saturated heterocycles. The van der Waals surface area contributed by atoms with Crippen LogP contribution in [0.5, 0.6) is 0 Å². The number of aliphatic hydroxyl groups is 2. The maximum Gasteiger partial charge on any atom is 0.305 e. The number of quaternary nitrogens is 1. The highest BCUT2D eigenvalue weighted by molar-refractivity contribution is 5.69. The fraction of sp³-hybridized carbons (Fsp3) is 0.875. The standard InChI is InChI=1S/C9H18O3.C7H15NO3/c1-2-3-4-8-12-9(11)6-5-7-10;1-8(2,3)5-6(9)4-7(10)11/h10H,2-8H2,1H3;6,9H,4-5H2,1-3H3/t;6-/m.1/s1. The summed E-state index contributed by atoms with van der Waals surface area (Å²) < 4.78 is 5.45. The van der Waals surface area contributed by atoms with Gasteiger partial charge < -0.3 is 29.3 Å². The highest BCUT2D eigenvalue weighted by Crippen LogP contribution is 1.98. The number of aliphatic hydroxyl groups excluding tert-OH is 2. The minimum absolute atomic E-state index is 0.0596. The van der Waals surface area contributed by atoms with Crippen molar-refractivity contribution in [3.05, 3.63) is 0 Å². The van der Waals surface area contributed by atoms with Gasteiger partial charge in [-0.2, -0.15) is 0 Å². The van der Waals surface area contributed by atoms with E-state index in [1.54, 1.807) is 0 Å². The van der Waals surface area contributed by atoms with Gasteiger partial charge in [-0.3, -0.25) is 4.79 Å². The van der Waals surface area contributed by atoms with Crippen molar-refractivity contribution in [2.24, 2.45) is 0 Å². The lowest BCUT2D eigenvalue weighted by molar-refractivity contribution is -0.873. The number of carbonyl (C=O) groups excluding carboxylic acids is 2. The fourth-order valence-corrected chi connectivity index (χ4v) is 1.72. The average Bonchev–Trinajstić information content (AvgIpc) is 2.39. The van der Waals surface area contributed by atoms with Gasteiger partial charge >= 0.3 is 5.97 Å². The van der Waals surface area contributed by atoms with Crippen molar-refractivity contribution < 1.29 is 34.1 Å². The number of rotatable bonds is 11.